The van der Waals surface area contributed by atoms with Crippen LogP contribution in [0.15, 0.2) is 59.8 Å². The van der Waals surface area contributed by atoms with Crippen molar-refractivity contribution in [1.29, 1.82) is 0 Å². The van der Waals surface area contributed by atoms with E-state index < -0.39 is 18.9 Å². The van der Waals surface area contributed by atoms with Gasteiger partial charge in [0.1, 0.15) is 30.0 Å². The van der Waals surface area contributed by atoms with Gasteiger partial charge in [0.2, 0.25) is 0 Å². The van der Waals surface area contributed by atoms with E-state index in [1.807, 2.05) is 12.1 Å². The highest BCUT2D eigenvalue weighted by Crippen LogP contribution is 2.62. The second kappa shape index (κ2) is 12.3. The first-order valence-electron chi connectivity index (χ1n) is 17.1. The maximum atomic E-state index is 12.2. The number of phenols is 2. The highest BCUT2D eigenvalue weighted by Gasteiger charge is 2.51. The van der Waals surface area contributed by atoms with Crippen molar-refractivity contribution >= 4 is 5.97 Å². The van der Waals surface area contributed by atoms with Gasteiger partial charge < -0.3 is 45.3 Å². The minimum Gasteiger partial charge on any atom is -0.508 e. The van der Waals surface area contributed by atoms with Gasteiger partial charge in [-0.25, -0.2) is 0 Å². The summed E-state index contributed by atoms with van der Waals surface area (Å²) >= 11 is 0. The molecule has 50 heavy (non-hydrogen) atoms. The van der Waals surface area contributed by atoms with Crippen LogP contribution in [0, 0.1) is 17.8 Å². The molecule has 10 nitrogen and oxygen atoms in total. The van der Waals surface area contributed by atoms with E-state index >= 15 is 0 Å². The van der Waals surface area contributed by atoms with E-state index in [0.29, 0.717) is 30.3 Å². The number of methoxy groups -OCH3 is 1. The number of dihydropyridines is 1. The number of allylic oxidation sites excluding steroid dienone is 3. The summed E-state index contributed by atoms with van der Waals surface area (Å²) in [5.74, 6) is 7.78. The van der Waals surface area contributed by atoms with E-state index in [2.05, 4.69) is 29.3 Å². The van der Waals surface area contributed by atoms with E-state index in [-0.39, 0.29) is 35.6 Å². The average Bonchev–Trinajstić information content (AvgIpc) is 3.65. The normalized spacial score (nSPS) is 25.4. The summed E-state index contributed by atoms with van der Waals surface area (Å²) in [7, 11) is 1.51. The van der Waals surface area contributed by atoms with E-state index in [4.69, 9.17) is 24.7 Å². The minimum absolute atomic E-state index is 0.0106. The summed E-state index contributed by atoms with van der Waals surface area (Å²) in [6.45, 7) is 0.944. The van der Waals surface area contributed by atoms with Gasteiger partial charge in [0, 0.05) is 47.1 Å². The monoisotopic (exact) mass is 676 g/mol. The number of hydrogen-bond acceptors (Lipinski definition) is 10. The van der Waals surface area contributed by atoms with Crippen molar-refractivity contribution in [2.45, 2.75) is 69.1 Å². The van der Waals surface area contributed by atoms with Gasteiger partial charge in [-0.15, -0.1) is 0 Å². The Morgan fingerprint density at radius 2 is 2.00 bits per heavy atom. The van der Waals surface area contributed by atoms with Crippen molar-refractivity contribution < 1.29 is 39.1 Å². The molecule has 0 radical (unpaired) electrons. The number of aliphatic hydroxyl groups excluding tert-OH is 1. The molecule has 1 saturated carbocycles. The van der Waals surface area contributed by atoms with Gasteiger partial charge in [0.25, 0.3) is 0 Å². The maximum absolute atomic E-state index is 12.2. The number of benzene rings is 3. The second-order valence-electron chi connectivity index (χ2n) is 14.0. The molecule has 8 rings (SSSR count). The first kappa shape index (κ1) is 32.1. The number of phenolic OH excluding ortho intramolecular Hbond substituents is 2. The van der Waals surface area contributed by atoms with Crippen molar-refractivity contribution in [3.05, 3.63) is 87.6 Å². The Balaban J connectivity index is 1.39. The molecule has 258 valence electrons. The lowest BCUT2D eigenvalue weighted by molar-refractivity contribution is -0.141. The number of carbonyl (C=O) groups excluding carboxylic acids is 1. The van der Waals surface area contributed by atoms with Crippen molar-refractivity contribution in [2.75, 3.05) is 20.5 Å². The summed E-state index contributed by atoms with van der Waals surface area (Å²) in [4.78, 5) is 12.2. The zero-order valence-corrected chi connectivity index (χ0v) is 28.0. The zero-order chi connectivity index (χ0) is 34.7. The van der Waals surface area contributed by atoms with Crippen molar-refractivity contribution in [1.82, 2.24) is 5.32 Å². The van der Waals surface area contributed by atoms with Crippen LogP contribution in [0.2, 0.25) is 0 Å². The molecule has 4 bridgehead atoms. The molecule has 2 aliphatic carbocycles. The quantitative estimate of drug-likeness (QED) is 0.140. The lowest BCUT2D eigenvalue weighted by Crippen LogP contribution is -2.37. The summed E-state index contributed by atoms with van der Waals surface area (Å²) in [5.41, 5.74) is 14.1. The third-order valence-electron chi connectivity index (χ3n) is 11.0. The predicted octanol–water partition coefficient (Wildman–Crippen LogP) is 5.12. The number of hydrogen-bond donors (Lipinski definition) is 5. The highest BCUT2D eigenvalue weighted by atomic mass is 16.6. The Labute approximate surface area is 290 Å². The van der Waals surface area contributed by atoms with Crippen molar-refractivity contribution in [2.24, 2.45) is 11.7 Å². The van der Waals surface area contributed by atoms with Crippen molar-refractivity contribution in [3.8, 4) is 51.7 Å². The number of nitrogens with two attached hydrogens (primary N) is 1. The molecule has 1 unspecified atom stereocenters. The summed E-state index contributed by atoms with van der Waals surface area (Å²) in [5, 5.41) is 34.9. The lowest BCUT2D eigenvalue weighted by Gasteiger charge is -2.39. The molecule has 5 aliphatic rings. The van der Waals surface area contributed by atoms with Gasteiger partial charge in [-0.05, 0) is 90.5 Å². The van der Waals surface area contributed by atoms with E-state index in [1.54, 1.807) is 24.3 Å². The number of carbonyl (C=O) groups is 1. The number of fused-ring (bicyclic) bond motifs is 6. The third-order valence-corrected chi connectivity index (χ3v) is 11.0. The van der Waals surface area contributed by atoms with Crippen LogP contribution in [-0.2, 0) is 27.8 Å². The van der Waals surface area contributed by atoms with Gasteiger partial charge in [-0.1, -0.05) is 24.1 Å². The molecule has 10 heteroatoms. The van der Waals surface area contributed by atoms with E-state index in [9.17, 15) is 20.1 Å². The predicted molar refractivity (Wildman–Crippen MR) is 185 cm³/mol. The van der Waals surface area contributed by atoms with Gasteiger partial charge in [0.15, 0.2) is 18.3 Å². The Morgan fingerprint density at radius 3 is 2.80 bits per heavy atom. The number of esters is 1. The van der Waals surface area contributed by atoms with Gasteiger partial charge in [-0.2, -0.15) is 0 Å². The van der Waals surface area contributed by atoms with Crippen LogP contribution in [0.1, 0.15) is 72.4 Å². The SMILES string of the molecule is COc1cc2c(cc1O)CC#CC1=C(C=CC(N)N1)C[C@H]1CC[C@]3(Cc4cc(O)cc(OCO)c4-c4ccc5c(c43)O[C@H]2[C@H]5COC(C)=O)C1. The molecule has 3 aliphatic heterocycles. The molecular formula is C40H40N2O8. The minimum atomic E-state index is -0.588. The van der Waals surface area contributed by atoms with Gasteiger partial charge >= 0.3 is 5.97 Å². The van der Waals surface area contributed by atoms with Crippen LogP contribution in [0.25, 0.3) is 11.1 Å². The molecule has 1 spiro atoms. The molecule has 5 atom stereocenters. The Kier molecular flexibility index (Phi) is 7.93. The summed E-state index contributed by atoms with van der Waals surface area (Å²) in [6, 6.07) is 10.9. The largest absolute Gasteiger partial charge is 0.508 e. The standard InChI is InChI=1S/C40H40N2O8/c1-21(44)48-19-30-27-7-8-28-36-25(13-26(45)15-34(36)49-20-43)18-40-11-10-22(17-40)12-24-6-9-35(41)42-31(24)5-3-4-23-14-32(46)33(47-2)16-29(23)38(30)50-39(27)37(28)40/h6-9,13-16,22,30,35,38,42-43,45-46H,4,10-12,17-20,41H2,1-2H3/t22-,30+,35?,38-,40-/m1/s1. The summed E-state index contributed by atoms with van der Waals surface area (Å²) < 4.78 is 24.1. The van der Waals surface area contributed by atoms with Crippen molar-refractivity contribution in [3.63, 3.8) is 0 Å². The first-order valence-corrected chi connectivity index (χ1v) is 17.1. The molecule has 0 amide bonds. The van der Waals surface area contributed by atoms with Crippen LogP contribution in [0.3, 0.4) is 0 Å². The van der Waals surface area contributed by atoms with E-state index in [1.165, 1.54) is 14.0 Å². The molecule has 6 N–H and O–H groups in total. The topological polar surface area (TPSA) is 153 Å². The fraction of sp³-hybridized carbons (Fsp3) is 0.375. The van der Waals surface area contributed by atoms with Gasteiger partial charge in [0.05, 0.1) is 24.9 Å². The molecule has 0 aromatic heterocycles. The van der Waals surface area contributed by atoms with Crippen LogP contribution < -0.4 is 25.3 Å². The molecule has 3 aromatic rings. The smallest absolute Gasteiger partial charge is 0.302 e. The van der Waals surface area contributed by atoms with Gasteiger partial charge in [-0.3, -0.25) is 4.79 Å². The molecule has 3 aromatic carbocycles. The molecule has 0 saturated heterocycles. The Morgan fingerprint density at radius 1 is 1.14 bits per heavy atom. The lowest BCUT2D eigenvalue weighted by atomic mass is 9.65. The highest BCUT2D eigenvalue weighted by molar-refractivity contribution is 5.84. The Hall–Kier alpha value is -5.11. The zero-order valence-electron chi connectivity index (χ0n) is 28.0. The third kappa shape index (κ3) is 5.32. The fourth-order valence-corrected chi connectivity index (χ4v) is 8.97. The van der Waals surface area contributed by atoms with Crippen LogP contribution in [-0.4, -0.2) is 48.0 Å². The number of aromatic hydroxyl groups is 2. The number of nitrogens with one attached hydrogen (secondary N) is 1. The van der Waals surface area contributed by atoms with Crippen LogP contribution >= 0.6 is 0 Å². The molecular weight excluding hydrogens is 636 g/mol. The van der Waals surface area contributed by atoms with E-state index in [0.717, 1.165) is 81.6 Å². The first-order chi connectivity index (χ1) is 24.2. The summed E-state index contributed by atoms with van der Waals surface area (Å²) in [6.07, 6.45) is 7.60. The van der Waals surface area contributed by atoms with Crippen LogP contribution in [0.5, 0.6) is 28.7 Å². The average molecular weight is 677 g/mol. The number of aliphatic hydroxyl groups is 1. The maximum Gasteiger partial charge on any atom is 0.302 e. The fourth-order valence-electron chi connectivity index (χ4n) is 8.97. The molecule has 3 heterocycles. The number of rotatable bonds is 5. The van der Waals surface area contributed by atoms with Crippen LogP contribution in [0.4, 0.5) is 0 Å². The number of ether oxygens (including phenoxy) is 4. The Bertz CT molecular complexity index is 2040. The second-order valence-corrected chi connectivity index (χ2v) is 14.0. The molecule has 1 fully saturated rings.